The minimum atomic E-state index is 0.0735. The zero-order valence-electron chi connectivity index (χ0n) is 18.4. The summed E-state index contributed by atoms with van der Waals surface area (Å²) in [5.41, 5.74) is 1.83. The van der Waals surface area contributed by atoms with Crippen molar-refractivity contribution in [1.82, 2.24) is 14.8 Å². The normalized spacial score (nSPS) is 18.4. The summed E-state index contributed by atoms with van der Waals surface area (Å²) in [6.45, 7) is 7.40. The molecule has 0 atom stereocenters. The second-order valence-corrected chi connectivity index (χ2v) is 10.9. The number of carbonyl (C=O) groups excluding carboxylic acids is 2. The van der Waals surface area contributed by atoms with Crippen molar-refractivity contribution in [3.8, 4) is 0 Å². The fourth-order valence-corrected chi connectivity index (χ4v) is 5.83. The van der Waals surface area contributed by atoms with Crippen LogP contribution in [0.25, 0.3) is 0 Å². The van der Waals surface area contributed by atoms with Crippen molar-refractivity contribution in [2.24, 2.45) is 11.8 Å². The van der Waals surface area contributed by atoms with Gasteiger partial charge in [-0.2, -0.15) is 0 Å². The molecule has 0 radical (unpaired) electrons. The van der Waals surface area contributed by atoms with Crippen molar-refractivity contribution in [3.05, 3.63) is 45.9 Å². The van der Waals surface area contributed by atoms with Crippen LogP contribution in [-0.4, -0.2) is 52.8 Å². The molecule has 2 aliphatic rings. The molecular weight excluding hydrogens is 426 g/mol. The van der Waals surface area contributed by atoms with E-state index in [0.717, 1.165) is 71.6 Å². The van der Waals surface area contributed by atoms with Gasteiger partial charge >= 0.3 is 0 Å². The average molecular weight is 458 g/mol. The van der Waals surface area contributed by atoms with Crippen LogP contribution >= 0.6 is 23.1 Å². The van der Waals surface area contributed by atoms with Crippen molar-refractivity contribution in [2.45, 2.75) is 50.2 Å². The van der Waals surface area contributed by atoms with Crippen LogP contribution in [0.2, 0.25) is 0 Å². The third kappa shape index (κ3) is 5.69. The SMILES string of the molecule is Cc1nc(CSc2ccc(C(=O)N3CCC(C(=O)N4CCC(C)CC4)CC3)cc2)cs1. The van der Waals surface area contributed by atoms with Gasteiger partial charge in [0, 0.05) is 53.7 Å². The van der Waals surface area contributed by atoms with Crippen LogP contribution in [0.15, 0.2) is 34.5 Å². The third-order valence-electron chi connectivity index (χ3n) is 6.38. The maximum absolute atomic E-state index is 12.9. The van der Waals surface area contributed by atoms with Crippen LogP contribution in [0.4, 0.5) is 0 Å². The molecule has 5 nitrogen and oxygen atoms in total. The molecule has 4 rings (SSSR count). The van der Waals surface area contributed by atoms with Gasteiger partial charge in [0.15, 0.2) is 0 Å². The average Bonchev–Trinajstić information content (AvgIpc) is 3.23. The highest BCUT2D eigenvalue weighted by molar-refractivity contribution is 7.98. The fourth-order valence-electron chi connectivity index (χ4n) is 4.32. The zero-order chi connectivity index (χ0) is 21.8. The summed E-state index contributed by atoms with van der Waals surface area (Å²) >= 11 is 3.41. The van der Waals surface area contributed by atoms with Gasteiger partial charge in [0.1, 0.15) is 0 Å². The number of likely N-dealkylation sites (tertiary alicyclic amines) is 2. The van der Waals surface area contributed by atoms with Crippen LogP contribution in [0, 0.1) is 18.8 Å². The maximum atomic E-state index is 12.9. The largest absolute Gasteiger partial charge is 0.342 e. The van der Waals surface area contributed by atoms with Gasteiger partial charge in [-0.25, -0.2) is 4.98 Å². The van der Waals surface area contributed by atoms with Crippen molar-refractivity contribution >= 4 is 34.9 Å². The van der Waals surface area contributed by atoms with E-state index in [9.17, 15) is 9.59 Å². The van der Waals surface area contributed by atoms with E-state index in [1.807, 2.05) is 41.0 Å². The van der Waals surface area contributed by atoms with Crippen molar-refractivity contribution in [3.63, 3.8) is 0 Å². The lowest BCUT2D eigenvalue weighted by molar-refractivity contribution is -0.138. The van der Waals surface area contributed by atoms with Crippen molar-refractivity contribution in [2.75, 3.05) is 26.2 Å². The van der Waals surface area contributed by atoms with Gasteiger partial charge in [-0.15, -0.1) is 23.1 Å². The van der Waals surface area contributed by atoms with Gasteiger partial charge in [-0.1, -0.05) is 6.92 Å². The Morgan fingerprint density at radius 2 is 1.68 bits per heavy atom. The van der Waals surface area contributed by atoms with E-state index in [1.54, 1.807) is 23.1 Å². The topological polar surface area (TPSA) is 53.5 Å². The summed E-state index contributed by atoms with van der Waals surface area (Å²) in [7, 11) is 0. The molecule has 1 aromatic carbocycles. The van der Waals surface area contributed by atoms with Crippen LogP contribution in [0.5, 0.6) is 0 Å². The lowest BCUT2D eigenvalue weighted by Crippen LogP contribution is -2.46. The molecule has 2 fully saturated rings. The number of amides is 2. The molecule has 0 spiro atoms. The number of piperidine rings is 2. The first-order chi connectivity index (χ1) is 15.0. The highest BCUT2D eigenvalue weighted by Crippen LogP contribution is 2.26. The van der Waals surface area contributed by atoms with E-state index in [2.05, 4.69) is 17.3 Å². The van der Waals surface area contributed by atoms with E-state index < -0.39 is 0 Å². The van der Waals surface area contributed by atoms with Crippen LogP contribution in [-0.2, 0) is 10.5 Å². The molecule has 0 bridgehead atoms. The van der Waals surface area contributed by atoms with E-state index in [1.165, 1.54) is 0 Å². The first kappa shape index (κ1) is 22.3. The van der Waals surface area contributed by atoms with E-state index in [4.69, 9.17) is 0 Å². The van der Waals surface area contributed by atoms with E-state index in [-0.39, 0.29) is 11.8 Å². The van der Waals surface area contributed by atoms with Gasteiger partial charge < -0.3 is 9.80 Å². The van der Waals surface area contributed by atoms with Gasteiger partial charge in [0.05, 0.1) is 10.7 Å². The monoisotopic (exact) mass is 457 g/mol. The molecule has 2 aromatic rings. The Hall–Kier alpha value is -1.86. The lowest BCUT2D eigenvalue weighted by atomic mass is 9.92. The number of aryl methyl sites for hydroxylation is 1. The van der Waals surface area contributed by atoms with Crippen molar-refractivity contribution in [1.29, 1.82) is 0 Å². The second-order valence-electron chi connectivity index (χ2n) is 8.75. The Kier molecular flexibility index (Phi) is 7.33. The molecule has 0 unspecified atom stereocenters. The number of benzene rings is 1. The maximum Gasteiger partial charge on any atom is 0.253 e. The van der Waals surface area contributed by atoms with Gasteiger partial charge in [0.25, 0.3) is 5.91 Å². The van der Waals surface area contributed by atoms with Crippen LogP contribution in [0.3, 0.4) is 0 Å². The molecule has 2 saturated heterocycles. The fraction of sp³-hybridized carbons (Fsp3) is 0.542. The Morgan fingerprint density at radius 3 is 2.29 bits per heavy atom. The van der Waals surface area contributed by atoms with Crippen LogP contribution < -0.4 is 0 Å². The quantitative estimate of drug-likeness (QED) is 0.602. The van der Waals surface area contributed by atoms with Gasteiger partial charge in [-0.05, 0) is 62.8 Å². The summed E-state index contributed by atoms with van der Waals surface area (Å²) in [5.74, 6) is 2.02. The molecule has 0 saturated carbocycles. The Balaban J connectivity index is 1.26. The van der Waals surface area contributed by atoms with Gasteiger partial charge in [0.2, 0.25) is 5.91 Å². The number of hydrogen-bond acceptors (Lipinski definition) is 5. The number of nitrogens with zero attached hydrogens (tertiary/aromatic N) is 3. The van der Waals surface area contributed by atoms with Crippen molar-refractivity contribution < 1.29 is 9.59 Å². The van der Waals surface area contributed by atoms with Crippen LogP contribution in [0.1, 0.15) is 53.7 Å². The first-order valence-corrected chi connectivity index (χ1v) is 13.1. The molecule has 1 aromatic heterocycles. The smallest absolute Gasteiger partial charge is 0.253 e. The number of thioether (sulfide) groups is 1. The predicted octanol–water partition coefficient (Wildman–Crippen LogP) is 4.85. The highest BCUT2D eigenvalue weighted by Gasteiger charge is 2.31. The Bertz CT molecular complexity index is 896. The Labute approximate surface area is 193 Å². The molecular formula is C24H31N3O2S2. The Morgan fingerprint density at radius 1 is 1.03 bits per heavy atom. The minimum absolute atomic E-state index is 0.0735. The number of thiazole rings is 1. The lowest BCUT2D eigenvalue weighted by Gasteiger charge is -2.36. The molecule has 31 heavy (non-hydrogen) atoms. The summed E-state index contributed by atoms with van der Waals surface area (Å²) < 4.78 is 0. The summed E-state index contributed by atoms with van der Waals surface area (Å²) in [6.07, 6.45) is 3.77. The number of rotatable bonds is 5. The highest BCUT2D eigenvalue weighted by atomic mass is 32.2. The van der Waals surface area contributed by atoms with E-state index >= 15 is 0 Å². The molecule has 0 aliphatic carbocycles. The molecule has 7 heteroatoms. The second kappa shape index (κ2) is 10.2. The van der Waals surface area contributed by atoms with Gasteiger partial charge in [-0.3, -0.25) is 9.59 Å². The molecule has 0 N–H and O–H groups in total. The summed E-state index contributed by atoms with van der Waals surface area (Å²) in [4.78, 5) is 35.3. The third-order valence-corrected chi connectivity index (χ3v) is 8.25. The summed E-state index contributed by atoms with van der Waals surface area (Å²) in [5, 5.41) is 3.19. The van der Waals surface area contributed by atoms with E-state index in [0.29, 0.717) is 19.0 Å². The molecule has 3 heterocycles. The predicted molar refractivity (Wildman–Crippen MR) is 126 cm³/mol. The summed E-state index contributed by atoms with van der Waals surface area (Å²) in [6, 6.07) is 7.88. The molecule has 2 aliphatic heterocycles. The first-order valence-electron chi connectivity index (χ1n) is 11.2. The number of carbonyl (C=O) groups is 2. The number of hydrogen-bond donors (Lipinski definition) is 0. The number of aromatic nitrogens is 1. The molecule has 2 amide bonds. The minimum Gasteiger partial charge on any atom is -0.342 e. The standard InChI is InChI=1S/C24H31N3O2S2/c1-17-7-11-26(12-8-17)24(29)20-9-13-27(14-10-20)23(28)19-3-5-22(6-4-19)31-16-21-15-30-18(2)25-21/h3-6,15,17,20H,7-14,16H2,1-2H3. The zero-order valence-corrected chi connectivity index (χ0v) is 20.0. The molecule has 166 valence electrons.